The number of carboxylic acids is 1. The lowest BCUT2D eigenvalue weighted by Gasteiger charge is -2.26. The third-order valence-corrected chi connectivity index (χ3v) is 5.14. The summed E-state index contributed by atoms with van der Waals surface area (Å²) in [6, 6.07) is 0. The van der Waals surface area contributed by atoms with E-state index >= 15 is 0 Å². The van der Waals surface area contributed by atoms with Crippen molar-refractivity contribution in [2.45, 2.75) is 58.3 Å². The van der Waals surface area contributed by atoms with E-state index in [1.54, 1.807) is 0 Å². The quantitative estimate of drug-likeness (QED) is 0.818. The number of hydrogen-bond donors (Lipinski definition) is 1. The Bertz CT molecular complexity index is 286. The van der Waals surface area contributed by atoms with E-state index in [2.05, 4.69) is 4.90 Å². The Hall–Kier alpha value is -0.570. The van der Waals surface area contributed by atoms with Crippen LogP contribution in [0.25, 0.3) is 0 Å². The Kier molecular flexibility index (Phi) is 4.66. The van der Waals surface area contributed by atoms with Gasteiger partial charge in [0.2, 0.25) is 0 Å². The molecule has 0 aromatic rings. The molecule has 1 aliphatic heterocycles. The maximum Gasteiger partial charge on any atom is 0.310 e. The highest BCUT2D eigenvalue weighted by Crippen LogP contribution is 2.35. The first-order valence-corrected chi connectivity index (χ1v) is 7.62. The Balaban J connectivity index is 1.76. The number of aliphatic carboxylic acids is 1. The highest BCUT2D eigenvalue weighted by atomic mass is 16.4. The first-order chi connectivity index (χ1) is 8.66. The van der Waals surface area contributed by atoms with Gasteiger partial charge in [0.15, 0.2) is 0 Å². The minimum Gasteiger partial charge on any atom is -0.481 e. The van der Waals surface area contributed by atoms with Crippen LogP contribution >= 0.6 is 0 Å². The van der Waals surface area contributed by atoms with E-state index in [9.17, 15) is 9.90 Å². The van der Waals surface area contributed by atoms with Crippen LogP contribution < -0.4 is 0 Å². The summed E-state index contributed by atoms with van der Waals surface area (Å²) >= 11 is 0. The highest BCUT2D eigenvalue weighted by molar-refractivity contribution is 5.75. The van der Waals surface area contributed by atoms with E-state index < -0.39 is 11.4 Å². The minimum absolute atomic E-state index is 0.452. The molecule has 0 aromatic carbocycles. The van der Waals surface area contributed by atoms with Gasteiger partial charge in [-0.2, -0.15) is 0 Å². The monoisotopic (exact) mass is 253 g/mol. The lowest BCUT2D eigenvalue weighted by Crippen LogP contribution is -2.34. The molecule has 0 radical (unpaired) electrons. The summed E-state index contributed by atoms with van der Waals surface area (Å²) in [4.78, 5) is 13.8. The molecule has 1 atom stereocenters. The largest absolute Gasteiger partial charge is 0.481 e. The van der Waals surface area contributed by atoms with Crippen molar-refractivity contribution < 1.29 is 9.90 Å². The molecule has 0 amide bonds. The van der Waals surface area contributed by atoms with Gasteiger partial charge in [0.25, 0.3) is 0 Å². The van der Waals surface area contributed by atoms with Gasteiger partial charge in [-0.1, -0.05) is 39.0 Å². The molecule has 2 aliphatic rings. The number of hydrogen-bond acceptors (Lipinski definition) is 2. The number of nitrogens with zero attached hydrogens (tertiary/aromatic N) is 1. The summed E-state index contributed by atoms with van der Waals surface area (Å²) in [5.74, 6) is 0.311. The topological polar surface area (TPSA) is 40.5 Å². The van der Waals surface area contributed by atoms with E-state index in [0.29, 0.717) is 0 Å². The van der Waals surface area contributed by atoms with Crippen molar-refractivity contribution in [3.8, 4) is 0 Å². The van der Waals surface area contributed by atoms with Gasteiger partial charge in [0.1, 0.15) is 0 Å². The predicted molar refractivity (Wildman–Crippen MR) is 72.6 cm³/mol. The number of carbonyl (C=O) groups is 1. The molecular formula is C15H27NO2. The van der Waals surface area contributed by atoms with Crippen molar-refractivity contribution in [1.82, 2.24) is 4.90 Å². The lowest BCUT2D eigenvalue weighted by molar-refractivity contribution is -0.148. The van der Waals surface area contributed by atoms with Gasteiger partial charge in [0.05, 0.1) is 5.41 Å². The number of rotatable bonds is 5. The summed E-state index contributed by atoms with van der Waals surface area (Å²) in [5, 5.41) is 9.37. The summed E-state index contributed by atoms with van der Waals surface area (Å²) in [6.45, 7) is 4.87. The van der Waals surface area contributed by atoms with Crippen LogP contribution in [0.1, 0.15) is 58.3 Å². The Labute approximate surface area is 111 Å². The second-order valence-electron chi connectivity index (χ2n) is 6.26. The standard InChI is InChI=1S/C15H27NO2/c1-2-15(14(17)18)9-11-16(12-15)10-8-13-6-4-3-5-7-13/h13H,2-12H2,1H3,(H,17,18). The average molecular weight is 253 g/mol. The summed E-state index contributed by atoms with van der Waals surface area (Å²) in [6.07, 6.45) is 9.89. The van der Waals surface area contributed by atoms with Crippen molar-refractivity contribution in [2.75, 3.05) is 19.6 Å². The minimum atomic E-state index is -0.592. The van der Waals surface area contributed by atoms with Gasteiger partial charge in [-0.05, 0) is 38.3 Å². The Morgan fingerprint density at radius 3 is 2.61 bits per heavy atom. The molecule has 1 saturated heterocycles. The number of carboxylic acid groups (broad SMARTS) is 1. The van der Waals surface area contributed by atoms with Gasteiger partial charge in [-0.3, -0.25) is 4.79 Å². The molecule has 2 rings (SSSR count). The van der Waals surface area contributed by atoms with Crippen LogP contribution in [-0.4, -0.2) is 35.6 Å². The van der Waals surface area contributed by atoms with E-state index in [4.69, 9.17) is 0 Å². The molecule has 1 saturated carbocycles. The van der Waals surface area contributed by atoms with Crippen molar-refractivity contribution in [2.24, 2.45) is 11.3 Å². The van der Waals surface area contributed by atoms with Gasteiger partial charge in [0, 0.05) is 6.54 Å². The fourth-order valence-corrected chi connectivity index (χ4v) is 3.60. The normalized spacial score (nSPS) is 30.7. The van der Waals surface area contributed by atoms with Gasteiger partial charge >= 0.3 is 5.97 Å². The second-order valence-corrected chi connectivity index (χ2v) is 6.26. The van der Waals surface area contributed by atoms with Gasteiger partial charge < -0.3 is 10.0 Å². The first-order valence-electron chi connectivity index (χ1n) is 7.62. The summed E-state index contributed by atoms with van der Waals surface area (Å²) in [5.41, 5.74) is -0.452. The number of likely N-dealkylation sites (tertiary alicyclic amines) is 1. The molecule has 1 heterocycles. The van der Waals surface area contributed by atoms with E-state index in [-0.39, 0.29) is 0 Å². The summed E-state index contributed by atoms with van der Waals surface area (Å²) < 4.78 is 0. The summed E-state index contributed by atoms with van der Waals surface area (Å²) in [7, 11) is 0. The predicted octanol–water partition coefficient (Wildman–Crippen LogP) is 3.14. The van der Waals surface area contributed by atoms with Crippen LogP contribution in [0.2, 0.25) is 0 Å². The fourth-order valence-electron chi connectivity index (χ4n) is 3.60. The molecule has 0 bridgehead atoms. The third-order valence-electron chi connectivity index (χ3n) is 5.14. The van der Waals surface area contributed by atoms with Crippen molar-refractivity contribution in [3.05, 3.63) is 0 Å². The average Bonchev–Trinajstić information content (AvgIpc) is 2.83. The molecule has 18 heavy (non-hydrogen) atoms. The molecule has 0 spiro atoms. The zero-order valence-corrected chi connectivity index (χ0v) is 11.7. The molecule has 1 unspecified atom stereocenters. The molecule has 1 aliphatic carbocycles. The maximum absolute atomic E-state index is 11.4. The first kappa shape index (κ1) is 13.9. The molecule has 0 aromatic heterocycles. The van der Waals surface area contributed by atoms with Crippen LogP contribution in [-0.2, 0) is 4.79 Å². The molecule has 2 fully saturated rings. The van der Waals surface area contributed by atoms with E-state index in [1.165, 1.54) is 38.5 Å². The van der Waals surface area contributed by atoms with Crippen LogP contribution in [0.15, 0.2) is 0 Å². The molecule has 3 nitrogen and oxygen atoms in total. The highest BCUT2D eigenvalue weighted by Gasteiger charge is 2.42. The molecule has 3 heteroatoms. The van der Waals surface area contributed by atoms with Crippen LogP contribution in [0.5, 0.6) is 0 Å². The van der Waals surface area contributed by atoms with Crippen LogP contribution in [0, 0.1) is 11.3 Å². The Morgan fingerprint density at radius 2 is 2.06 bits per heavy atom. The van der Waals surface area contributed by atoms with E-state index in [1.807, 2.05) is 6.92 Å². The maximum atomic E-state index is 11.4. The fraction of sp³-hybridized carbons (Fsp3) is 0.933. The van der Waals surface area contributed by atoms with Crippen LogP contribution in [0.3, 0.4) is 0 Å². The second kappa shape index (κ2) is 6.05. The molecule has 104 valence electrons. The molecule has 1 N–H and O–H groups in total. The van der Waals surface area contributed by atoms with Crippen molar-refractivity contribution in [1.29, 1.82) is 0 Å². The SMILES string of the molecule is CCC1(C(=O)O)CCN(CCC2CCCCC2)C1. The third kappa shape index (κ3) is 3.05. The lowest BCUT2D eigenvalue weighted by atomic mass is 9.84. The molecular weight excluding hydrogens is 226 g/mol. The zero-order chi connectivity index (χ0) is 13.0. The van der Waals surface area contributed by atoms with Crippen molar-refractivity contribution in [3.63, 3.8) is 0 Å². The van der Waals surface area contributed by atoms with E-state index in [0.717, 1.165) is 38.4 Å². The van der Waals surface area contributed by atoms with Crippen molar-refractivity contribution >= 4 is 5.97 Å². The smallest absolute Gasteiger partial charge is 0.310 e. The Morgan fingerprint density at radius 1 is 1.33 bits per heavy atom. The van der Waals surface area contributed by atoms with Gasteiger partial charge in [-0.25, -0.2) is 0 Å². The van der Waals surface area contributed by atoms with Crippen LogP contribution in [0.4, 0.5) is 0 Å². The zero-order valence-electron chi connectivity index (χ0n) is 11.7. The van der Waals surface area contributed by atoms with Gasteiger partial charge in [-0.15, -0.1) is 0 Å².